The lowest BCUT2D eigenvalue weighted by Crippen LogP contribution is -2.26. The van der Waals surface area contributed by atoms with Crippen LogP contribution in [0, 0.1) is 5.92 Å². The van der Waals surface area contributed by atoms with Gasteiger partial charge in [-0.05, 0) is 18.9 Å². The van der Waals surface area contributed by atoms with Gasteiger partial charge in [-0.1, -0.05) is 67.6 Å². The maximum Gasteiger partial charge on any atom is 0.309 e. The first-order valence-corrected chi connectivity index (χ1v) is 8.47. The number of esters is 1. The molecule has 24 heavy (non-hydrogen) atoms. The molecule has 2 aromatic carbocycles. The van der Waals surface area contributed by atoms with Crippen molar-refractivity contribution >= 4 is 11.8 Å². The quantitative estimate of drug-likeness (QED) is 0.525. The lowest BCUT2D eigenvalue weighted by atomic mass is 9.80. The summed E-state index contributed by atoms with van der Waals surface area (Å²) in [6.45, 7) is 4.12. The van der Waals surface area contributed by atoms with Crippen molar-refractivity contribution in [2.45, 2.75) is 32.6 Å². The summed E-state index contributed by atoms with van der Waals surface area (Å²) >= 11 is 0. The fraction of sp³-hybridized carbons (Fsp3) is 0.333. The Morgan fingerprint density at radius 2 is 1.50 bits per heavy atom. The van der Waals surface area contributed by atoms with Gasteiger partial charge in [0.05, 0.1) is 12.5 Å². The van der Waals surface area contributed by atoms with Crippen LogP contribution in [0.3, 0.4) is 0 Å². The topological polar surface area (TPSA) is 43.4 Å². The molecule has 0 bridgehead atoms. The first kappa shape index (κ1) is 17.9. The predicted octanol–water partition coefficient (Wildman–Crippen LogP) is 4.63. The normalized spacial score (nSPS) is 13.1. The molecule has 2 aromatic rings. The van der Waals surface area contributed by atoms with Crippen molar-refractivity contribution in [2.75, 3.05) is 6.61 Å². The summed E-state index contributed by atoms with van der Waals surface area (Å²) < 4.78 is 5.23. The number of Topliss-reactive ketones (excluding diaryl/α,β-unsaturated/α-hetero) is 1. The van der Waals surface area contributed by atoms with Crippen LogP contribution < -0.4 is 0 Å². The largest absolute Gasteiger partial charge is 0.466 e. The van der Waals surface area contributed by atoms with Gasteiger partial charge in [-0.15, -0.1) is 0 Å². The molecule has 0 saturated carbocycles. The Morgan fingerprint density at radius 3 is 2.04 bits per heavy atom. The maximum absolute atomic E-state index is 12.7. The lowest BCUT2D eigenvalue weighted by Gasteiger charge is -2.24. The highest BCUT2D eigenvalue weighted by Gasteiger charge is 2.31. The summed E-state index contributed by atoms with van der Waals surface area (Å²) in [5, 5.41) is 0. The van der Waals surface area contributed by atoms with E-state index in [1.807, 2.05) is 67.6 Å². The molecule has 1 unspecified atom stereocenters. The average molecular weight is 324 g/mol. The number of ketones is 1. The van der Waals surface area contributed by atoms with Gasteiger partial charge in [-0.2, -0.15) is 0 Å². The van der Waals surface area contributed by atoms with Crippen LogP contribution in [0.5, 0.6) is 0 Å². The van der Waals surface area contributed by atoms with Crippen molar-refractivity contribution in [2.24, 2.45) is 5.92 Å². The number of carbonyl (C=O) groups is 2. The summed E-state index contributed by atoms with van der Waals surface area (Å²) in [5.41, 5.74) is 1.68. The van der Waals surface area contributed by atoms with Crippen molar-refractivity contribution in [3.8, 4) is 0 Å². The van der Waals surface area contributed by atoms with Gasteiger partial charge in [-0.25, -0.2) is 0 Å². The van der Waals surface area contributed by atoms with Crippen LogP contribution >= 0.6 is 0 Å². The van der Waals surface area contributed by atoms with E-state index in [9.17, 15) is 9.59 Å². The van der Waals surface area contributed by atoms with Crippen molar-refractivity contribution < 1.29 is 14.3 Å². The van der Waals surface area contributed by atoms with E-state index in [0.29, 0.717) is 25.0 Å². The van der Waals surface area contributed by atoms with Crippen LogP contribution in [-0.2, 0) is 9.53 Å². The molecular weight excluding hydrogens is 300 g/mol. The van der Waals surface area contributed by atoms with Crippen molar-refractivity contribution in [1.82, 2.24) is 0 Å². The number of carbonyl (C=O) groups excluding carboxylic acids is 2. The number of hydrogen-bond donors (Lipinski definition) is 0. The van der Waals surface area contributed by atoms with Crippen molar-refractivity contribution in [1.29, 1.82) is 0 Å². The zero-order valence-electron chi connectivity index (χ0n) is 14.3. The van der Waals surface area contributed by atoms with Crippen LogP contribution in [0.4, 0.5) is 0 Å². The van der Waals surface area contributed by atoms with Crippen LogP contribution in [-0.4, -0.2) is 18.4 Å². The van der Waals surface area contributed by atoms with Crippen LogP contribution in [0.25, 0.3) is 0 Å². The van der Waals surface area contributed by atoms with Gasteiger partial charge >= 0.3 is 5.97 Å². The zero-order chi connectivity index (χ0) is 17.4. The van der Waals surface area contributed by atoms with Crippen LogP contribution in [0.15, 0.2) is 60.7 Å². The van der Waals surface area contributed by atoms with Gasteiger partial charge in [0, 0.05) is 17.9 Å². The molecule has 126 valence electrons. The Labute approximate surface area is 143 Å². The standard InChI is InChI=1S/C21H24O3/c1-3-18(21(23)24-4-2)19(16-11-7-5-8-12-16)15-20(22)17-13-9-6-10-14-17/h5-14,18-19H,3-4,15H2,1-2H3/t18?,19-/m1/s1. The van der Waals surface area contributed by atoms with Gasteiger partial charge in [0.25, 0.3) is 0 Å². The number of rotatable bonds is 8. The zero-order valence-corrected chi connectivity index (χ0v) is 14.3. The Hall–Kier alpha value is -2.42. The van der Waals surface area contributed by atoms with E-state index in [0.717, 1.165) is 5.56 Å². The highest BCUT2D eigenvalue weighted by molar-refractivity contribution is 5.96. The second-order valence-electron chi connectivity index (χ2n) is 5.78. The molecule has 0 aliphatic rings. The number of ether oxygens (including phenoxy) is 1. The van der Waals surface area contributed by atoms with Gasteiger partial charge in [-0.3, -0.25) is 9.59 Å². The van der Waals surface area contributed by atoms with E-state index >= 15 is 0 Å². The lowest BCUT2D eigenvalue weighted by molar-refractivity contribution is -0.149. The summed E-state index contributed by atoms with van der Waals surface area (Å²) in [5.74, 6) is -0.676. The first-order valence-electron chi connectivity index (χ1n) is 8.47. The van der Waals surface area contributed by atoms with Gasteiger partial charge in [0.1, 0.15) is 0 Å². The number of hydrogen-bond acceptors (Lipinski definition) is 3. The van der Waals surface area contributed by atoms with E-state index in [1.54, 1.807) is 6.92 Å². The predicted molar refractivity (Wildman–Crippen MR) is 95.0 cm³/mol. The third-order valence-electron chi connectivity index (χ3n) is 4.24. The van der Waals surface area contributed by atoms with E-state index in [1.165, 1.54) is 0 Å². The molecular formula is C21H24O3. The van der Waals surface area contributed by atoms with Gasteiger partial charge < -0.3 is 4.74 Å². The second kappa shape index (κ2) is 9.02. The highest BCUT2D eigenvalue weighted by Crippen LogP contribution is 2.32. The molecule has 0 amide bonds. The second-order valence-corrected chi connectivity index (χ2v) is 5.78. The molecule has 0 heterocycles. The minimum atomic E-state index is -0.319. The smallest absolute Gasteiger partial charge is 0.309 e. The molecule has 3 heteroatoms. The molecule has 0 N–H and O–H groups in total. The molecule has 0 saturated heterocycles. The fourth-order valence-corrected chi connectivity index (χ4v) is 3.00. The summed E-state index contributed by atoms with van der Waals surface area (Å²) in [4.78, 5) is 25.1. The molecule has 2 atom stereocenters. The maximum atomic E-state index is 12.7. The minimum absolute atomic E-state index is 0.0483. The van der Waals surface area contributed by atoms with Crippen LogP contribution in [0.1, 0.15) is 48.5 Å². The molecule has 2 rings (SSSR count). The monoisotopic (exact) mass is 324 g/mol. The van der Waals surface area contributed by atoms with Crippen molar-refractivity contribution in [3.63, 3.8) is 0 Å². The number of benzene rings is 2. The van der Waals surface area contributed by atoms with Gasteiger partial charge in [0.2, 0.25) is 0 Å². The van der Waals surface area contributed by atoms with E-state index in [4.69, 9.17) is 4.74 Å². The molecule has 0 fully saturated rings. The van der Waals surface area contributed by atoms with Crippen molar-refractivity contribution in [3.05, 3.63) is 71.8 Å². The minimum Gasteiger partial charge on any atom is -0.466 e. The molecule has 0 spiro atoms. The third-order valence-corrected chi connectivity index (χ3v) is 4.24. The molecule has 0 aliphatic heterocycles. The first-order chi connectivity index (χ1) is 11.7. The summed E-state index contributed by atoms with van der Waals surface area (Å²) in [6, 6.07) is 19.0. The van der Waals surface area contributed by atoms with Gasteiger partial charge in [0.15, 0.2) is 5.78 Å². The highest BCUT2D eigenvalue weighted by atomic mass is 16.5. The molecule has 0 aromatic heterocycles. The Balaban J connectivity index is 2.29. The SMILES string of the molecule is CCOC(=O)C(CC)[C@H](CC(=O)c1ccccc1)c1ccccc1. The fourth-order valence-electron chi connectivity index (χ4n) is 3.00. The van der Waals surface area contributed by atoms with E-state index in [-0.39, 0.29) is 23.6 Å². The summed E-state index contributed by atoms with van der Waals surface area (Å²) in [6.07, 6.45) is 0.936. The molecule has 0 radical (unpaired) electrons. The van der Waals surface area contributed by atoms with E-state index < -0.39 is 0 Å². The Bertz CT molecular complexity index is 649. The third kappa shape index (κ3) is 4.54. The molecule has 0 aliphatic carbocycles. The molecule has 3 nitrogen and oxygen atoms in total. The summed E-state index contributed by atoms with van der Waals surface area (Å²) in [7, 11) is 0. The van der Waals surface area contributed by atoms with E-state index in [2.05, 4.69) is 0 Å². The Morgan fingerprint density at radius 1 is 0.917 bits per heavy atom. The van der Waals surface area contributed by atoms with Crippen LogP contribution in [0.2, 0.25) is 0 Å². The average Bonchev–Trinajstić information content (AvgIpc) is 2.63. The Kier molecular flexibility index (Phi) is 6.74.